The average molecular weight is 286 g/mol. The third kappa shape index (κ3) is 4.83. The minimum absolute atomic E-state index is 0.418. The van der Waals surface area contributed by atoms with Gasteiger partial charge in [0.2, 0.25) is 0 Å². The third-order valence-electron chi connectivity index (χ3n) is 3.51. The molecular weight excluding hydrogens is 262 g/mol. The highest BCUT2D eigenvalue weighted by molar-refractivity contribution is 7.80. The van der Waals surface area contributed by atoms with Crippen LogP contribution in [0.4, 0.5) is 0 Å². The van der Waals surface area contributed by atoms with Crippen molar-refractivity contribution in [1.29, 1.82) is 0 Å². The quantitative estimate of drug-likeness (QED) is 0.712. The first-order valence-corrected chi connectivity index (χ1v) is 7.66. The molecule has 0 fully saturated rings. The highest BCUT2D eigenvalue weighted by Gasteiger charge is 2.15. The summed E-state index contributed by atoms with van der Waals surface area (Å²) in [6.45, 7) is 5.57. The van der Waals surface area contributed by atoms with E-state index in [9.17, 15) is 0 Å². The molecule has 18 heavy (non-hydrogen) atoms. The van der Waals surface area contributed by atoms with Crippen molar-refractivity contribution < 1.29 is 0 Å². The summed E-state index contributed by atoms with van der Waals surface area (Å²) in [6, 6.07) is 8.56. The van der Waals surface area contributed by atoms with E-state index in [1.54, 1.807) is 0 Å². The van der Waals surface area contributed by atoms with Crippen molar-refractivity contribution in [1.82, 2.24) is 4.90 Å². The van der Waals surface area contributed by atoms with Crippen LogP contribution in [0, 0.1) is 5.92 Å². The first-order chi connectivity index (χ1) is 8.58. The van der Waals surface area contributed by atoms with Crippen molar-refractivity contribution in [2.45, 2.75) is 32.7 Å². The van der Waals surface area contributed by atoms with Crippen molar-refractivity contribution in [3.05, 3.63) is 34.9 Å². The second-order valence-corrected chi connectivity index (χ2v) is 5.81. The Morgan fingerprint density at radius 2 is 1.89 bits per heavy atom. The van der Waals surface area contributed by atoms with Gasteiger partial charge in [0, 0.05) is 17.6 Å². The molecule has 0 aliphatic rings. The van der Waals surface area contributed by atoms with Crippen LogP contribution in [-0.4, -0.2) is 24.2 Å². The zero-order chi connectivity index (χ0) is 13.5. The van der Waals surface area contributed by atoms with E-state index >= 15 is 0 Å². The van der Waals surface area contributed by atoms with E-state index in [-0.39, 0.29) is 0 Å². The Bertz CT molecular complexity index is 339. The molecule has 0 aliphatic carbocycles. The Hall–Kier alpha value is -0.180. The van der Waals surface area contributed by atoms with Gasteiger partial charge < -0.3 is 0 Å². The molecule has 0 saturated carbocycles. The fraction of sp³-hybridized carbons (Fsp3) is 0.600. The molecular formula is C15H24ClNS. The van der Waals surface area contributed by atoms with E-state index in [1.807, 2.05) is 12.1 Å². The van der Waals surface area contributed by atoms with Crippen LogP contribution in [0.25, 0.3) is 0 Å². The molecule has 1 nitrogen and oxygen atoms in total. The predicted octanol–water partition coefficient (Wildman–Crippen LogP) is 4.68. The lowest BCUT2D eigenvalue weighted by molar-refractivity contribution is 0.223. The molecule has 0 bridgehead atoms. The van der Waals surface area contributed by atoms with Crippen LogP contribution in [-0.2, 0) is 0 Å². The van der Waals surface area contributed by atoms with Crippen LogP contribution in [0.3, 0.4) is 0 Å². The molecule has 3 heteroatoms. The van der Waals surface area contributed by atoms with Gasteiger partial charge in [-0.1, -0.05) is 37.1 Å². The van der Waals surface area contributed by atoms with Gasteiger partial charge in [0.05, 0.1) is 0 Å². The second-order valence-electron chi connectivity index (χ2n) is 5.00. The average Bonchev–Trinajstić information content (AvgIpc) is 2.38. The molecule has 0 N–H and O–H groups in total. The van der Waals surface area contributed by atoms with Crippen molar-refractivity contribution in [3.8, 4) is 0 Å². The fourth-order valence-corrected chi connectivity index (χ4v) is 2.63. The summed E-state index contributed by atoms with van der Waals surface area (Å²) >= 11 is 10.4. The smallest absolute Gasteiger partial charge is 0.0406 e. The lowest BCUT2D eigenvalue weighted by Gasteiger charge is -2.28. The molecule has 1 aromatic rings. The Kier molecular flexibility index (Phi) is 7.13. The Morgan fingerprint density at radius 1 is 1.28 bits per heavy atom. The number of halogens is 1. The topological polar surface area (TPSA) is 3.24 Å². The first kappa shape index (κ1) is 15.9. The largest absolute Gasteiger partial charge is 0.299 e. The van der Waals surface area contributed by atoms with E-state index in [0.29, 0.717) is 12.0 Å². The molecule has 0 amide bonds. The minimum Gasteiger partial charge on any atom is -0.299 e. The highest BCUT2D eigenvalue weighted by Crippen LogP contribution is 2.22. The van der Waals surface area contributed by atoms with Gasteiger partial charge in [-0.15, -0.1) is 0 Å². The summed E-state index contributed by atoms with van der Waals surface area (Å²) in [5.41, 5.74) is 1.32. The SMILES string of the molecule is CCCC(CS)CN(C)C(C)c1ccc(Cl)cc1. The molecule has 0 spiro atoms. The molecule has 0 heterocycles. The molecule has 0 aromatic heterocycles. The summed E-state index contributed by atoms with van der Waals surface area (Å²) in [5, 5.41) is 0.799. The van der Waals surface area contributed by atoms with Gasteiger partial charge in [0.15, 0.2) is 0 Å². The maximum atomic E-state index is 5.92. The number of hydrogen-bond donors (Lipinski definition) is 1. The minimum atomic E-state index is 0.418. The van der Waals surface area contributed by atoms with Crippen LogP contribution in [0.15, 0.2) is 24.3 Å². The molecule has 0 aliphatic heterocycles. The summed E-state index contributed by atoms with van der Waals surface area (Å²) < 4.78 is 0. The molecule has 1 aromatic carbocycles. The number of rotatable bonds is 7. The predicted molar refractivity (Wildman–Crippen MR) is 84.7 cm³/mol. The van der Waals surface area contributed by atoms with Crippen LogP contribution in [0.1, 0.15) is 38.3 Å². The van der Waals surface area contributed by atoms with Gasteiger partial charge in [-0.05, 0) is 49.8 Å². The Labute approximate surface area is 122 Å². The van der Waals surface area contributed by atoms with Gasteiger partial charge in [-0.25, -0.2) is 0 Å². The molecule has 102 valence electrons. The van der Waals surface area contributed by atoms with Gasteiger partial charge in [0.25, 0.3) is 0 Å². The maximum Gasteiger partial charge on any atom is 0.0406 e. The summed E-state index contributed by atoms with van der Waals surface area (Å²) in [6.07, 6.45) is 2.48. The van der Waals surface area contributed by atoms with Crippen LogP contribution < -0.4 is 0 Å². The molecule has 1 rings (SSSR count). The van der Waals surface area contributed by atoms with E-state index < -0.39 is 0 Å². The van der Waals surface area contributed by atoms with Crippen LogP contribution >= 0.6 is 24.2 Å². The van der Waals surface area contributed by atoms with Crippen molar-refractivity contribution in [2.75, 3.05) is 19.3 Å². The van der Waals surface area contributed by atoms with Gasteiger partial charge >= 0.3 is 0 Å². The number of benzene rings is 1. The fourth-order valence-electron chi connectivity index (χ4n) is 2.21. The lowest BCUT2D eigenvalue weighted by atomic mass is 10.0. The monoisotopic (exact) mass is 285 g/mol. The third-order valence-corrected chi connectivity index (χ3v) is 4.28. The summed E-state index contributed by atoms with van der Waals surface area (Å²) in [7, 11) is 2.19. The molecule has 2 unspecified atom stereocenters. The van der Waals surface area contributed by atoms with Crippen molar-refractivity contribution >= 4 is 24.2 Å². The normalized spacial score (nSPS) is 14.8. The van der Waals surface area contributed by atoms with Gasteiger partial charge in [0.1, 0.15) is 0 Å². The van der Waals surface area contributed by atoms with Gasteiger partial charge in [-0.2, -0.15) is 12.6 Å². The Morgan fingerprint density at radius 3 is 2.39 bits per heavy atom. The van der Waals surface area contributed by atoms with E-state index in [2.05, 4.69) is 50.6 Å². The second kappa shape index (κ2) is 8.08. The Balaban J connectivity index is 2.59. The summed E-state index contributed by atoms with van der Waals surface area (Å²) in [5.74, 6) is 1.64. The molecule has 2 atom stereocenters. The maximum absolute atomic E-state index is 5.92. The van der Waals surface area contributed by atoms with Crippen molar-refractivity contribution in [2.24, 2.45) is 5.92 Å². The first-order valence-electron chi connectivity index (χ1n) is 6.65. The van der Waals surface area contributed by atoms with Crippen LogP contribution in [0.5, 0.6) is 0 Å². The zero-order valence-corrected chi connectivity index (χ0v) is 13.2. The number of nitrogens with zero attached hydrogens (tertiary/aromatic N) is 1. The van der Waals surface area contributed by atoms with Gasteiger partial charge in [-0.3, -0.25) is 4.90 Å². The molecule has 0 radical (unpaired) electrons. The zero-order valence-electron chi connectivity index (χ0n) is 11.6. The number of hydrogen-bond acceptors (Lipinski definition) is 2. The molecule has 0 saturated heterocycles. The number of thiol groups is 1. The highest BCUT2D eigenvalue weighted by atomic mass is 35.5. The van der Waals surface area contributed by atoms with Crippen LogP contribution in [0.2, 0.25) is 5.02 Å². The van der Waals surface area contributed by atoms with Crippen molar-refractivity contribution in [3.63, 3.8) is 0 Å². The van der Waals surface area contributed by atoms with E-state index in [0.717, 1.165) is 17.3 Å². The standard InChI is InChI=1S/C15H24ClNS/c1-4-5-13(11-18)10-17(3)12(2)14-6-8-15(16)9-7-14/h6-9,12-13,18H,4-5,10-11H2,1-3H3. The van der Waals surface area contributed by atoms with E-state index in [4.69, 9.17) is 11.6 Å². The van der Waals surface area contributed by atoms with E-state index in [1.165, 1.54) is 18.4 Å². The summed E-state index contributed by atoms with van der Waals surface area (Å²) in [4.78, 5) is 2.40. The lowest BCUT2D eigenvalue weighted by Crippen LogP contribution is -2.29.